The smallest absolute Gasteiger partial charge is 0.130 e. The van der Waals surface area contributed by atoms with Crippen molar-refractivity contribution in [1.29, 1.82) is 0 Å². The van der Waals surface area contributed by atoms with E-state index in [0.717, 1.165) is 13.1 Å². The molecule has 6 heteroatoms. The zero-order valence-corrected chi connectivity index (χ0v) is 14.3. The van der Waals surface area contributed by atoms with Crippen LogP contribution in [0.25, 0.3) is 0 Å². The first kappa shape index (κ1) is 16.3. The SMILES string of the molecule is Br.Br.NC1Sc2ccccc2N1C1CCNCC1. The summed E-state index contributed by atoms with van der Waals surface area (Å²) in [6.07, 6.45) is 2.39. The molecule has 1 aromatic rings. The van der Waals surface area contributed by atoms with Gasteiger partial charge in [-0.3, -0.25) is 0 Å². The predicted molar refractivity (Wildman–Crippen MR) is 89.3 cm³/mol. The lowest BCUT2D eigenvalue weighted by Gasteiger charge is -2.35. The van der Waals surface area contributed by atoms with Crippen molar-refractivity contribution in [1.82, 2.24) is 5.32 Å². The zero-order valence-electron chi connectivity index (χ0n) is 10.0. The Labute approximate surface area is 133 Å². The van der Waals surface area contributed by atoms with E-state index in [0.29, 0.717) is 6.04 Å². The maximum atomic E-state index is 6.23. The molecule has 2 heterocycles. The Morgan fingerprint density at radius 2 is 1.83 bits per heavy atom. The molecule has 3 nitrogen and oxygen atoms in total. The molecule has 1 atom stereocenters. The second kappa shape index (κ2) is 7.14. The van der Waals surface area contributed by atoms with Crippen LogP contribution >= 0.6 is 45.7 Å². The lowest BCUT2D eigenvalue weighted by molar-refractivity contribution is 0.427. The summed E-state index contributed by atoms with van der Waals surface area (Å²) >= 11 is 1.78. The van der Waals surface area contributed by atoms with Gasteiger partial charge in [-0.05, 0) is 38.1 Å². The Morgan fingerprint density at radius 1 is 1.17 bits per heavy atom. The molecule has 1 aromatic carbocycles. The van der Waals surface area contributed by atoms with Gasteiger partial charge in [-0.1, -0.05) is 23.9 Å². The molecular formula is C12H19Br2N3S. The normalized spacial score (nSPS) is 22.9. The average Bonchev–Trinajstić information content (AvgIpc) is 2.66. The number of nitrogens with zero attached hydrogens (tertiary/aromatic N) is 1. The second-order valence-electron chi connectivity index (χ2n) is 4.36. The van der Waals surface area contributed by atoms with Gasteiger partial charge in [0.2, 0.25) is 0 Å². The highest BCUT2D eigenvalue weighted by atomic mass is 79.9. The van der Waals surface area contributed by atoms with Crippen molar-refractivity contribution in [3.63, 3.8) is 0 Å². The van der Waals surface area contributed by atoms with E-state index in [1.54, 1.807) is 11.8 Å². The van der Waals surface area contributed by atoms with Crippen LogP contribution in [-0.4, -0.2) is 24.6 Å². The number of fused-ring (bicyclic) bond motifs is 1. The molecule has 0 radical (unpaired) electrons. The van der Waals surface area contributed by atoms with Crippen LogP contribution in [0, 0.1) is 0 Å². The standard InChI is InChI=1S/C12H17N3S.2BrH/c13-12-15(9-5-7-14-8-6-9)10-3-1-2-4-11(10)16-12;;/h1-4,9,12,14H,5-8,13H2;2*1H. The molecule has 0 amide bonds. The highest BCUT2D eigenvalue weighted by molar-refractivity contribution is 8.93. The van der Waals surface area contributed by atoms with E-state index in [9.17, 15) is 0 Å². The number of anilines is 1. The third kappa shape index (κ3) is 3.04. The Balaban J connectivity index is 0.000000810. The van der Waals surface area contributed by atoms with Crippen molar-refractivity contribution in [3.05, 3.63) is 24.3 Å². The van der Waals surface area contributed by atoms with Gasteiger partial charge >= 0.3 is 0 Å². The van der Waals surface area contributed by atoms with Gasteiger partial charge in [-0.15, -0.1) is 34.0 Å². The fraction of sp³-hybridized carbons (Fsp3) is 0.500. The molecule has 1 unspecified atom stereocenters. The third-order valence-corrected chi connectivity index (χ3v) is 4.44. The summed E-state index contributed by atoms with van der Waals surface area (Å²) in [7, 11) is 0. The fourth-order valence-electron chi connectivity index (χ4n) is 2.58. The number of hydrogen-bond acceptors (Lipinski definition) is 4. The van der Waals surface area contributed by atoms with Gasteiger partial charge in [0.05, 0.1) is 5.69 Å². The van der Waals surface area contributed by atoms with Crippen LogP contribution < -0.4 is 16.0 Å². The lowest BCUT2D eigenvalue weighted by Crippen LogP contribution is -2.48. The number of nitrogens with two attached hydrogens (primary N) is 1. The van der Waals surface area contributed by atoms with E-state index in [1.165, 1.54) is 23.4 Å². The highest BCUT2D eigenvalue weighted by Crippen LogP contribution is 2.43. The average molecular weight is 397 g/mol. The van der Waals surface area contributed by atoms with Crippen molar-refractivity contribution >= 4 is 51.4 Å². The molecule has 3 rings (SSSR count). The number of nitrogens with one attached hydrogen (secondary N) is 1. The second-order valence-corrected chi connectivity index (χ2v) is 5.52. The highest BCUT2D eigenvalue weighted by Gasteiger charge is 2.32. The Kier molecular flexibility index (Phi) is 6.47. The summed E-state index contributed by atoms with van der Waals surface area (Å²) in [5.41, 5.74) is 7.65. The predicted octanol–water partition coefficient (Wildman–Crippen LogP) is 2.75. The van der Waals surface area contributed by atoms with Crippen LogP contribution in [0.5, 0.6) is 0 Å². The number of hydrogen-bond donors (Lipinski definition) is 2. The van der Waals surface area contributed by atoms with E-state index in [4.69, 9.17) is 5.73 Å². The largest absolute Gasteiger partial charge is 0.343 e. The molecule has 3 N–H and O–H groups in total. The summed E-state index contributed by atoms with van der Waals surface area (Å²) in [4.78, 5) is 3.73. The van der Waals surface area contributed by atoms with E-state index >= 15 is 0 Å². The molecule has 2 aliphatic heterocycles. The number of thioether (sulfide) groups is 1. The van der Waals surface area contributed by atoms with Crippen molar-refractivity contribution in [2.24, 2.45) is 5.73 Å². The van der Waals surface area contributed by atoms with Crippen LogP contribution in [-0.2, 0) is 0 Å². The van der Waals surface area contributed by atoms with Crippen molar-refractivity contribution in [2.75, 3.05) is 18.0 Å². The first-order valence-electron chi connectivity index (χ1n) is 5.86. The molecule has 0 aliphatic carbocycles. The number of benzene rings is 1. The van der Waals surface area contributed by atoms with Crippen LogP contribution in [0.4, 0.5) is 5.69 Å². The van der Waals surface area contributed by atoms with Gasteiger partial charge in [-0.25, -0.2) is 0 Å². The van der Waals surface area contributed by atoms with Gasteiger partial charge in [0.1, 0.15) is 5.50 Å². The molecular weight excluding hydrogens is 378 g/mol. The maximum absolute atomic E-state index is 6.23. The minimum Gasteiger partial charge on any atom is -0.343 e. The molecule has 0 aromatic heterocycles. The van der Waals surface area contributed by atoms with Crippen molar-refractivity contribution < 1.29 is 0 Å². The lowest BCUT2D eigenvalue weighted by atomic mass is 10.0. The van der Waals surface area contributed by atoms with Gasteiger partial charge < -0.3 is 16.0 Å². The zero-order chi connectivity index (χ0) is 11.0. The monoisotopic (exact) mass is 395 g/mol. The van der Waals surface area contributed by atoms with Gasteiger partial charge in [0.15, 0.2) is 0 Å². The van der Waals surface area contributed by atoms with E-state index in [-0.39, 0.29) is 39.5 Å². The Morgan fingerprint density at radius 3 is 2.56 bits per heavy atom. The topological polar surface area (TPSA) is 41.3 Å². The Bertz CT molecular complexity index is 385. The quantitative estimate of drug-likeness (QED) is 0.765. The molecule has 1 fully saturated rings. The minimum atomic E-state index is 0. The van der Waals surface area contributed by atoms with Crippen LogP contribution in [0.2, 0.25) is 0 Å². The Hall–Kier alpha value is 0.250. The van der Waals surface area contributed by atoms with E-state index < -0.39 is 0 Å². The minimum absolute atomic E-state index is 0. The van der Waals surface area contributed by atoms with E-state index in [2.05, 4.69) is 34.5 Å². The fourth-order valence-corrected chi connectivity index (χ4v) is 3.69. The summed E-state index contributed by atoms with van der Waals surface area (Å²) in [6.45, 7) is 2.22. The number of piperidine rings is 1. The number of rotatable bonds is 1. The molecule has 102 valence electrons. The third-order valence-electron chi connectivity index (χ3n) is 3.37. The molecule has 0 bridgehead atoms. The molecule has 0 saturated carbocycles. The molecule has 2 aliphatic rings. The van der Waals surface area contributed by atoms with Gasteiger partial charge in [0, 0.05) is 10.9 Å². The number of para-hydroxylation sites is 1. The van der Waals surface area contributed by atoms with Crippen molar-refractivity contribution in [2.45, 2.75) is 29.3 Å². The van der Waals surface area contributed by atoms with Gasteiger partial charge in [-0.2, -0.15) is 0 Å². The molecule has 18 heavy (non-hydrogen) atoms. The summed E-state index contributed by atoms with van der Waals surface area (Å²) in [6, 6.07) is 9.15. The molecule has 1 saturated heterocycles. The molecule has 0 spiro atoms. The van der Waals surface area contributed by atoms with Crippen LogP contribution in [0.15, 0.2) is 29.2 Å². The summed E-state index contributed by atoms with van der Waals surface area (Å²) in [5.74, 6) is 0. The maximum Gasteiger partial charge on any atom is 0.130 e. The van der Waals surface area contributed by atoms with Crippen LogP contribution in [0.1, 0.15) is 12.8 Å². The summed E-state index contributed by atoms with van der Waals surface area (Å²) < 4.78 is 0. The number of halogens is 2. The summed E-state index contributed by atoms with van der Waals surface area (Å²) in [5, 5.41) is 3.40. The van der Waals surface area contributed by atoms with Gasteiger partial charge in [0.25, 0.3) is 0 Å². The first-order chi connectivity index (χ1) is 7.86. The first-order valence-corrected chi connectivity index (χ1v) is 6.74. The van der Waals surface area contributed by atoms with Crippen molar-refractivity contribution in [3.8, 4) is 0 Å². The van der Waals surface area contributed by atoms with Crippen LogP contribution in [0.3, 0.4) is 0 Å². The van der Waals surface area contributed by atoms with E-state index in [1.807, 2.05) is 0 Å².